The second kappa shape index (κ2) is 7.42. The number of aromatic nitrogens is 3. The van der Waals surface area contributed by atoms with Gasteiger partial charge in [0.1, 0.15) is 0 Å². The van der Waals surface area contributed by atoms with Gasteiger partial charge in [-0.15, -0.1) is 5.10 Å². The molecule has 1 aromatic carbocycles. The summed E-state index contributed by atoms with van der Waals surface area (Å²) in [7, 11) is 0. The second-order valence-electron chi connectivity index (χ2n) is 4.59. The van der Waals surface area contributed by atoms with Gasteiger partial charge in [-0.1, -0.05) is 18.2 Å². The number of carbonyl (C=O) groups excluding carboxylic acids is 1. The Hall–Kier alpha value is -3.44. The van der Waals surface area contributed by atoms with Gasteiger partial charge in [-0.25, -0.2) is 15.3 Å². The molecule has 0 bridgehead atoms. The first kappa shape index (κ1) is 17.9. The highest BCUT2D eigenvalue weighted by Crippen LogP contribution is 2.30. The predicted molar refractivity (Wildman–Crippen MR) is 81.1 cm³/mol. The van der Waals surface area contributed by atoms with Crippen LogP contribution in [0.2, 0.25) is 0 Å². The number of hydrogen-bond acceptors (Lipinski definition) is 6. The smallest absolute Gasteiger partial charge is 0.355 e. The molecule has 9 nitrogen and oxygen atoms in total. The van der Waals surface area contributed by atoms with Crippen LogP contribution in [0.4, 0.5) is 19.0 Å². The topological polar surface area (TPSA) is 132 Å². The number of amides is 1. The molecule has 2 rings (SSSR count). The average Bonchev–Trinajstić information content (AvgIpc) is 2.53. The Labute approximate surface area is 137 Å². The number of carbonyl (C=O) groups is 1. The molecule has 132 valence electrons. The molecule has 2 aromatic rings. The summed E-state index contributed by atoms with van der Waals surface area (Å²) >= 11 is 0. The van der Waals surface area contributed by atoms with Gasteiger partial charge >= 0.3 is 11.9 Å². The number of nitrogens with one attached hydrogen (secondary N) is 4. The van der Waals surface area contributed by atoms with E-state index in [2.05, 4.69) is 15.5 Å². The number of alkyl halides is 3. The van der Waals surface area contributed by atoms with Crippen LogP contribution in [0.25, 0.3) is 0 Å². The van der Waals surface area contributed by atoms with Gasteiger partial charge in [0, 0.05) is 5.56 Å². The number of anilines is 1. The Morgan fingerprint density at radius 2 is 2.00 bits per heavy atom. The third-order valence-corrected chi connectivity index (χ3v) is 2.79. The first-order chi connectivity index (χ1) is 11.8. The van der Waals surface area contributed by atoms with Gasteiger partial charge in [0.15, 0.2) is 0 Å². The Kier molecular flexibility index (Phi) is 5.31. The van der Waals surface area contributed by atoms with Crippen molar-refractivity contribution in [3.63, 3.8) is 0 Å². The summed E-state index contributed by atoms with van der Waals surface area (Å²) in [5.41, 5.74) is -0.760. The van der Waals surface area contributed by atoms with Crippen molar-refractivity contribution in [1.82, 2.24) is 20.6 Å². The van der Waals surface area contributed by atoms with Crippen LogP contribution in [0.3, 0.4) is 0 Å². The lowest BCUT2D eigenvalue weighted by atomic mass is 10.1. The molecule has 4 N–H and O–H groups in total. The van der Waals surface area contributed by atoms with Gasteiger partial charge in [0.25, 0.3) is 11.5 Å². The lowest BCUT2D eigenvalue weighted by molar-refractivity contribution is -0.137. The lowest BCUT2D eigenvalue weighted by Gasteiger charge is -2.09. The van der Waals surface area contributed by atoms with Gasteiger partial charge in [0.2, 0.25) is 5.82 Å². The van der Waals surface area contributed by atoms with Gasteiger partial charge in [-0.3, -0.25) is 14.6 Å². The molecule has 0 fully saturated rings. The fourth-order valence-corrected chi connectivity index (χ4v) is 1.71. The van der Waals surface area contributed by atoms with Crippen molar-refractivity contribution in [1.29, 1.82) is 0 Å². The highest BCUT2D eigenvalue weighted by atomic mass is 19.4. The molecule has 0 radical (unpaired) electrons. The average molecular weight is 356 g/mol. The molecule has 0 saturated carbocycles. The SMILES string of the molecule is O=C(CNc1n[nH]c(=O)[nH]c1=O)NN=Cc1ccccc1C(F)(F)F. The largest absolute Gasteiger partial charge is 0.417 e. The highest BCUT2D eigenvalue weighted by molar-refractivity contribution is 5.85. The Morgan fingerprint density at radius 1 is 1.28 bits per heavy atom. The summed E-state index contributed by atoms with van der Waals surface area (Å²) in [4.78, 5) is 35.5. The van der Waals surface area contributed by atoms with E-state index in [1.807, 2.05) is 15.5 Å². The maximum Gasteiger partial charge on any atom is 0.417 e. The summed E-state index contributed by atoms with van der Waals surface area (Å²) in [6.45, 7) is -0.444. The molecule has 0 atom stereocenters. The van der Waals surface area contributed by atoms with E-state index < -0.39 is 35.4 Å². The second-order valence-corrected chi connectivity index (χ2v) is 4.59. The fraction of sp³-hybridized carbons (Fsp3) is 0.154. The minimum absolute atomic E-state index is 0.220. The lowest BCUT2D eigenvalue weighted by Crippen LogP contribution is -2.31. The maximum atomic E-state index is 12.8. The molecule has 0 spiro atoms. The van der Waals surface area contributed by atoms with Gasteiger partial charge < -0.3 is 5.32 Å². The van der Waals surface area contributed by atoms with E-state index in [1.54, 1.807) is 0 Å². The van der Waals surface area contributed by atoms with Crippen molar-refractivity contribution < 1.29 is 18.0 Å². The van der Waals surface area contributed by atoms with Crippen LogP contribution in [0.5, 0.6) is 0 Å². The summed E-state index contributed by atoms with van der Waals surface area (Å²) in [5, 5.41) is 11.1. The van der Waals surface area contributed by atoms with E-state index in [0.717, 1.165) is 12.3 Å². The van der Waals surface area contributed by atoms with Crippen molar-refractivity contribution in [3.8, 4) is 0 Å². The van der Waals surface area contributed by atoms with Crippen molar-refractivity contribution >= 4 is 17.9 Å². The quantitative estimate of drug-likeness (QED) is 0.444. The van der Waals surface area contributed by atoms with Gasteiger partial charge in [-0.05, 0) is 6.07 Å². The number of rotatable bonds is 5. The van der Waals surface area contributed by atoms with Crippen LogP contribution in [-0.2, 0) is 11.0 Å². The standard InChI is InChI=1S/C13H11F3N6O3/c14-13(15,16)8-4-2-1-3-7(8)5-18-20-9(23)6-17-10-11(24)19-12(25)22-21-10/h1-5H,6H2,(H,17,21)(H,20,23)(H2,19,22,24,25). The van der Waals surface area contributed by atoms with E-state index in [9.17, 15) is 27.6 Å². The molecular weight excluding hydrogens is 345 g/mol. The number of H-pyrrole nitrogens is 2. The molecule has 25 heavy (non-hydrogen) atoms. The van der Waals surface area contributed by atoms with E-state index in [-0.39, 0.29) is 11.4 Å². The monoisotopic (exact) mass is 356 g/mol. The molecule has 1 heterocycles. The zero-order chi connectivity index (χ0) is 18.4. The summed E-state index contributed by atoms with van der Waals surface area (Å²) < 4.78 is 38.4. The fourth-order valence-electron chi connectivity index (χ4n) is 1.71. The molecule has 0 unspecified atom stereocenters. The van der Waals surface area contributed by atoms with Crippen LogP contribution in [0, 0.1) is 0 Å². The number of hydrogen-bond donors (Lipinski definition) is 4. The van der Waals surface area contributed by atoms with Crippen molar-refractivity contribution in [2.45, 2.75) is 6.18 Å². The molecule has 0 aliphatic rings. The van der Waals surface area contributed by atoms with Crippen LogP contribution in [0.15, 0.2) is 39.0 Å². The third kappa shape index (κ3) is 5.02. The summed E-state index contributed by atoms with van der Waals surface area (Å²) in [6.07, 6.45) is -3.70. The van der Waals surface area contributed by atoms with Crippen LogP contribution >= 0.6 is 0 Å². The molecular formula is C13H11F3N6O3. The number of benzene rings is 1. The molecule has 0 aliphatic carbocycles. The normalized spacial score (nSPS) is 11.5. The molecule has 1 aromatic heterocycles. The van der Waals surface area contributed by atoms with E-state index in [0.29, 0.717) is 0 Å². The van der Waals surface area contributed by atoms with Crippen LogP contribution in [0.1, 0.15) is 11.1 Å². The Bertz CT molecular complexity index is 903. The van der Waals surface area contributed by atoms with Crippen molar-refractivity contribution in [2.75, 3.05) is 11.9 Å². The van der Waals surface area contributed by atoms with Gasteiger partial charge in [-0.2, -0.15) is 18.3 Å². The zero-order valence-electron chi connectivity index (χ0n) is 12.3. The summed E-state index contributed by atoms with van der Waals surface area (Å²) in [5.74, 6) is -1.05. The third-order valence-electron chi connectivity index (χ3n) is 2.79. The highest BCUT2D eigenvalue weighted by Gasteiger charge is 2.32. The van der Waals surface area contributed by atoms with Gasteiger partial charge in [0.05, 0.1) is 18.3 Å². The first-order valence-corrected chi connectivity index (χ1v) is 6.68. The molecule has 12 heteroatoms. The minimum Gasteiger partial charge on any atom is -0.355 e. The molecule has 1 amide bonds. The Morgan fingerprint density at radius 3 is 2.68 bits per heavy atom. The molecule has 0 aliphatic heterocycles. The van der Waals surface area contributed by atoms with Crippen molar-refractivity contribution in [2.24, 2.45) is 5.10 Å². The van der Waals surface area contributed by atoms with E-state index >= 15 is 0 Å². The minimum atomic E-state index is -4.55. The maximum absolute atomic E-state index is 12.8. The van der Waals surface area contributed by atoms with Crippen molar-refractivity contribution in [3.05, 3.63) is 56.2 Å². The van der Waals surface area contributed by atoms with E-state index in [4.69, 9.17) is 0 Å². The zero-order valence-corrected chi connectivity index (χ0v) is 12.3. The predicted octanol–water partition coefficient (Wildman–Crippen LogP) is 0.0392. The number of halogens is 3. The first-order valence-electron chi connectivity index (χ1n) is 6.68. The number of aromatic amines is 2. The van der Waals surface area contributed by atoms with Crippen LogP contribution < -0.4 is 22.0 Å². The number of hydrazone groups is 1. The van der Waals surface area contributed by atoms with E-state index in [1.165, 1.54) is 18.2 Å². The molecule has 0 saturated heterocycles. The van der Waals surface area contributed by atoms with Crippen LogP contribution in [-0.4, -0.2) is 33.8 Å². The summed E-state index contributed by atoms with van der Waals surface area (Å²) in [6, 6.07) is 4.71. The Balaban J connectivity index is 1.95. The number of nitrogens with zero attached hydrogens (tertiary/aromatic N) is 2.